The van der Waals surface area contributed by atoms with Gasteiger partial charge in [0.2, 0.25) is 5.78 Å². The average molecular weight is 194 g/mol. The molecule has 14 heavy (non-hydrogen) atoms. The molecule has 1 aromatic rings. The van der Waals surface area contributed by atoms with Crippen molar-refractivity contribution >= 4 is 11.6 Å². The first-order valence-corrected chi connectivity index (χ1v) is 4.55. The fourth-order valence-electron chi connectivity index (χ4n) is 1.08. The van der Waals surface area contributed by atoms with Crippen molar-refractivity contribution in [3.05, 3.63) is 18.2 Å². The van der Waals surface area contributed by atoms with Gasteiger partial charge in [-0.3, -0.25) is 9.59 Å². The first kappa shape index (κ1) is 10.6. The Morgan fingerprint density at radius 1 is 1.50 bits per heavy atom. The van der Waals surface area contributed by atoms with Crippen molar-refractivity contribution in [1.29, 1.82) is 0 Å². The summed E-state index contributed by atoms with van der Waals surface area (Å²) >= 11 is 0. The number of Topliss-reactive ketones (excluding diaryl/α,β-unsaturated/α-hetero) is 2. The normalized spacial score (nSPS) is 10.6. The van der Waals surface area contributed by atoms with E-state index in [0.29, 0.717) is 5.82 Å². The van der Waals surface area contributed by atoms with Crippen molar-refractivity contribution < 1.29 is 9.59 Å². The molecule has 0 aliphatic carbocycles. The highest BCUT2D eigenvalue weighted by Crippen LogP contribution is 2.04. The summed E-state index contributed by atoms with van der Waals surface area (Å²) in [5.41, 5.74) is 0. The zero-order valence-corrected chi connectivity index (χ0v) is 8.65. The second kappa shape index (κ2) is 4.17. The number of rotatable bonds is 4. The van der Waals surface area contributed by atoms with Gasteiger partial charge >= 0.3 is 0 Å². The van der Waals surface area contributed by atoms with Crippen molar-refractivity contribution in [2.45, 2.75) is 20.3 Å². The molecule has 1 heterocycles. The molecule has 76 valence electrons. The SMILES string of the molecule is CC(C)C(=O)CC(=O)c1nccn1C. The largest absolute Gasteiger partial charge is 0.332 e. The lowest BCUT2D eigenvalue weighted by molar-refractivity contribution is -0.121. The van der Waals surface area contributed by atoms with Gasteiger partial charge in [-0.2, -0.15) is 0 Å². The molecule has 0 atom stereocenters. The highest BCUT2D eigenvalue weighted by molar-refractivity contribution is 6.06. The van der Waals surface area contributed by atoms with Gasteiger partial charge in [-0.05, 0) is 0 Å². The Morgan fingerprint density at radius 2 is 2.14 bits per heavy atom. The Bertz CT molecular complexity index is 353. The van der Waals surface area contributed by atoms with Crippen LogP contribution in [0.2, 0.25) is 0 Å². The topological polar surface area (TPSA) is 52.0 Å². The van der Waals surface area contributed by atoms with E-state index in [1.807, 2.05) is 0 Å². The van der Waals surface area contributed by atoms with Gasteiger partial charge in [-0.25, -0.2) is 4.98 Å². The zero-order chi connectivity index (χ0) is 10.7. The summed E-state index contributed by atoms with van der Waals surface area (Å²) < 4.78 is 1.62. The smallest absolute Gasteiger partial charge is 0.205 e. The quantitative estimate of drug-likeness (QED) is 0.535. The Morgan fingerprint density at radius 3 is 2.57 bits per heavy atom. The van der Waals surface area contributed by atoms with Crippen molar-refractivity contribution in [3.8, 4) is 0 Å². The summed E-state index contributed by atoms with van der Waals surface area (Å²) in [6.07, 6.45) is 3.18. The van der Waals surface area contributed by atoms with Gasteiger partial charge in [-0.1, -0.05) is 13.8 Å². The molecule has 0 spiro atoms. The summed E-state index contributed by atoms with van der Waals surface area (Å²) in [5.74, 6) is -0.00702. The number of aryl methyl sites for hydroxylation is 1. The average Bonchev–Trinajstić information content (AvgIpc) is 2.51. The molecule has 4 heteroatoms. The molecule has 1 rings (SSSR count). The van der Waals surface area contributed by atoms with Crippen LogP contribution in [0.15, 0.2) is 12.4 Å². The molecule has 0 aliphatic rings. The maximum absolute atomic E-state index is 11.5. The van der Waals surface area contributed by atoms with E-state index >= 15 is 0 Å². The molecule has 0 radical (unpaired) electrons. The third-order valence-corrected chi connectivity index (χ3v) is 2.05. The summed E-state index contributed by atoms with van der Waals surface area (Å²) in [4.78, 5) is 26.7. The zero-order valence-electron chi connectivity index (χ0n) is 8.65. The van der Waals surface area contributed by atoms with Gasteiger partial charge in [0.05, 0.1) is 6.42 Å². The van der Waals surface area contributed by atoms with Crippen LogP contribution in [0.3, 0.4) is 0 Å². The molecule has 0 aliphatic heterocycles. The van der Waals surface area contributed by atoms with Crippen LogP contribution < -0.4 is 0 Å². The highest BCUT2D eigenvalue weighted by atomic mass is 16.1. The van der Waals surface area contributed by atoms with E-state index in [2.05, 4.69) is 4.98 Å². The van der Waals surface area contributed by atoms with E-state index in [0.717, 1.165) is 0 Å². The van der Waals surface area contributed by atoms with Gasteiger partial charge in [-0.15, -0.1) is 0 Å². The van der Waals surface area contributed by atoms with Gasteiger partial charge in [0.25, 0.3) is 0 Å². The Hall–Kier alpha value is -1.45. The van der Waals surface area contributed by atoms with E-state index in [-0.39, 0.29) is 23.9 Å². The molecule has 0 bridgehead atoms. The third-order valence-electron chi connectivity index (χ3n) is 2.05. The molecule has 0 amide bonds. The number of aromatic nitrogens is 2. The molecule has 4 nitrogen and oxygen atoms in total. The Labute approximate surface area is 82.9 Å². The van der Waals surface area contributed by atoms with E-state index in [4.69, 9.17) is 0 Å². The van der Waals surface area contributed by atoms with Crippen LogP contribution >= 0.6 is 0 Å². The van der Waals surface area contributed by atoms with Crippen molar-refractivity contribution in [1.82, 2.24) is 9.55 Å². The van der Waals surface area contributed by atoms with Gasteiger partial charge < -0.3 is 4.57 Å². The predicted octanol–water partition coefficient (Wildman–Crippen LogP) is 1.22. The number of imidazole rings is 1. The summed E-state index contributed by atoms with van der Waals surface area (Å²) in [6, 6.07) is 0. The van der Waals surface area contributed by atoms with Crippen molar-refractivity contribution in [2.24, 2.45) is 13.0 Å². The number of hydrogen-bond donors (Lipinski definition) is 0. The maximum atomic E-state index is 11.5. The molecule has 0 N–H and O–H groups in total. The molecule has 0 unspecified atom stereocenters. The van der Waals surface area contributed by atoms with Crippen LogP contribution in [0.25, 0.3) is 0 Å². The second-order valence-corrected chi connectivity index (χ2v) is 3.58. The minimum Gasteiger partial charge on any atom is -0.332 e. The van der Waals surface area contributed by atoms with Crippen LogP contribution in [-0.2, 0) is 11.8 Å². The molecule has 1 aromatic heterocycles. The van der Waals surface area contributed by atoms with Gasteiger partial charge in [0, 0.05) is 25.4 Å². The fraction of sp³-hybridized carbons (Fsp3) is 0.500. The molecule has 0 fully saturated rings. The van der Waals surface area contributed by atoms with Gasteiger partial charge in [0.15, 0.2) is 5.82 Å². The summed E-state index contributed by atoms with van der Waals surface area (Å²) in [7, 11) is 1.74. The molecule has 0 saturated carbocycles. The van der Waals surface area contributed by atoms with E-state index in [1.54, 1.807) is 37.9 Å². The predicted molar refractivity (Wildman–Crippen MR) is 52.0 cm³/mol. The molecule has 0 aromatic carbocycles. The number of carbonyl (C=O) groups is 2. The van der Waals surface area contributed by atoms with E-state index < -0.39 is 0 Å². The minimum atomic E-state index is -0.212. The van der Waals surface area contributed by atoms with Crippen LogP contribution in [0.5, 0.6) is 0 Å². The van der Waals surface area contributed by atoms with Gasteiger partial charge in [0.1, 0.15) is 5.78 Å². The highest BCUT2D eigenvalue weighted by Gasteiger charge is 2.17. The van der Waals surface area contributed by atoms with Crippen LogP contribution in [0, 0.1) is 5.92 Å². The maximum Gasteiger partial charge on any atom is 0.205 e. The number of nitrogens with zero attached hydrogens (tertiary/aromatic N) is 2. The molecular weight excluding hydrogens is 180 g/mol. The lowest BCUT2D eigenvalue weighted by Gasteiger charge is -2.03. The Kier molecular flexibility index (Phi) is 3.17. The molecule has 0 saturated heterocycles. The third kappa shape index (κ3) is 2.28. The van der Waals surface area contributed by atoms with Crippen molar-refractivity contribution in [3.63, 3.8) is 0 Å². The first-order chi connectivity index (χ1) is 6.52. The standard InChI is InChI=1S/C10H14N2O2/c1-7(2)8(13)6-9(14)10-11-4-5-12(10)3/h4-5,7H,6H2,1-3H3. The fourth-order valence-corrected chi connectivity index (χ4v) is 1.08. The number of carbonyl (C=O) groups excluding carboxylic acids is 2. The van der Waals surface area contributed by atoms with E-state index in [9.17, 15) is 9.59 Å². The monoisotopic (exact) mass is 194 g/mol. The van der Waals surface area contributed by atoms with Crippen LogP contribution in [0.4, 0.5) is 0 Å². The lowest BCUT2D eigenvalue weighted by Crippen LogP contribution is -2.16. The first-order valence-electron chi connectivity index (χ1n) is 4.55. The minimum absolute atomic E-state index is 0.0435. The summed E-state index contributed by atoms with van der Waals surface area (Å²) in [6.45, 7) is 3.57. The molecular formula is C10H14N2O2. The van der Waals surface area contributed by atoms with Crippen LogP contribution in [0.1, 0.15) is 30.9 Å². The lowest BCUT2D eigenvalue weighted by atomic mass is 10.0. The van der Waals surface area contributed by atoms with Crippen LogP contribution in [-0.4, -0.2) is 21.1 Å². The van der Waals surface area contributed by atoms with E-state index in [1.165, 1.54) is 0 Å². The van der Waals surface area contributed by atoms with Crippen molar-refractivity contribution in [2.75, 3.05) is 0 Å². The number of ketones is 2. The summed E-state index contributed by atoms with van der Waals surface area (Å²) in [5, 5.41) is 0. The second-order valence-electron chi connectivity index (χ2n) is 3.58. The Balaban J connectivity index is 2.69. The number of hydrogen-bond acceptors (Lipinski definition) is 3.